The third kappa shape index (κ3) is 50.2. The molecule has 0 aromatic carbocycles. The van der Waals surface area contributed by atoms with E-state index in [2.05, 4.69) is 177 Å². The largest absolute Gasteiger partial charge is 2.00 e. The fourth-order valence-electron chi connectivity index (χ4n) is 6.08. The summed E-state index contributed by atoms with van der Waals surface area (Å²) in [4.78, 5) is 16.7. The number of rotatable bonds is 10. The van der Waals surface area contributed by atoms with Crippen molar-refractivity contribution in [3.63, 3.8) is 0 Å². The first kappa shape index (κ1) is 67.8. The van der Waals surface area contributed by atoms with E-state index >= 15 is 0 Å². The van der Waals surface area contributed by atoms with Crippen LogP contribution in [0.3, 0.4) is 0 Å². The van der Waals surface area contributed by atoms with Crippen LogP contribution in [0.4, 0.5) is 0 Å². The second-order valence-electron chi connectivity index (χ2n) is 22.7. The van der Waals surface area contributed by atoms with Gasteiger partial charge in [0.15, 0.2) is 0 Å². The van der Waals surface area contributed by atoms with Crippen LogP contribution in [0.25, 0.3) is 41.4 Å². The molecule has 0 saturated heterocycles. The van der Waals surface area contributed by atoms with E-state index in [1.165, 1.54) is 0 Å². The van der Waals surface area contributed by atoms with Gasteiger partial charge in [-0.15, -0.1) is 0 Å². The molecule has 0 fully saturated rings. The van der Waals surface area contributed by atoms with Crippen molar-refractivity contribution in [2.24, 2.45) is 0 Å². The molecular weight excluding hydrogens is 983 g/mol. The van der Waals surface area contributed by atoms with E-state index < -0.39 is 65.9 Å². The Morgan fingerprint density at radius 2 is 0.371 bits per heavy atom. The van der Waals surface area contributed by atoms with Crippen molar-refractivity contribution >= 4 is 65.9 Å². The van der Waals surface area contributed by atoms with Gasteiger partial charge in [-0.1, -0.05) is 247 Å². The fraction of sp³-hybridized carbons (Fsp3) is 0.545. The SMILES string of the molecule is C[Si](C)(C)[N-][Si](C)(C)C.C[Si](C)(C)[N-][Si](C)(C)C.C[Si](C)(C)[N-][Si](C)(C)C.C[Si](C)(C)[N-][Si](C)(C)C.[Co+2].[Co+2].c1ccc(-c2ccccn2)nc1.c1ccc(-c2ccccn2)nc1. The van der Waals surface area contributed by atoms with E-state index in [0.29, 0.717) is 0 Å². The van der Waals surface area contributed by atoms with E-state index in [1.54, 1.807) is 24.8 Å². The Labute approximate surface area is 412 Å². The van der Waals surface area contributed by atoms with E-state index in [1.807, 2.05) is 72.8 Å². The van der Waals surface area contributed by atoms with Crippen LogP contribution in [0.5, 0.6) is 0 Å². The summed E-state index contributed by atoms with van der Waals surface area (Å²) < 4.78 is 19.3. The summed E-state index contributed by atoms with van der Waals surface area (Å²) in [6.45, 7) is 55.1. The monoisotopic (exact) mass is 1070 g/mol. The Kier molecular flexibility index (Phi) is 33.3. The summed E-state index contributed by atoms with van der Waals surface area (Å²) in [6.07, 6.45) is 7.07. The van der Waals surface area contributed by atoms with E-state index in [9.17, 15) is 0 Å². The Morgan fingerprint density at radius 1 is 0.242 bits per heavy atom. The minimum absolute atomic E-state index is 0. The maximum absolute atomic E-state index is 4.82. The van der Waals surface area contributed by atoms with Gasteiger partial charge in [-0.05, 0) is 48.5 Å². The van der Waals surface area contributed by atoms with E-state index in [0.717, 1.165) is 22.8 Å². The molecule has 4 aromatic rings. The Bertz CT molecular complexity index is 1360. The molecule has 0 atom stereocenters. The maximum atomic E-state index is 4.82. The van der Waals surface area contributed by atoms with Crippen LogP contribution in [0, 0.1) is 0 Å². The van der Waals surface area contributed by atoms with Crippen LogP contribution in [0.1, 0.15) is 0 Å². The summed E-state index contributed by atoms with van der Waals surface area (Å²) >= 11 is 0. The molecule has 0 aliphatic rings. The average molecular weight is 1070 g/mol. The topological polar surface area (TPSA) is 108 Å². The third-order valence-electron chi connectivity index (χ3n) is 5.87. The van der Waals surface area contributed by atoms with Gasteiger partial charge in [0.1, 0.15) is 0 Å². The zero-order valence-electron chi connectivity index (χ0n) is 43.5. The molecule has 4 rings (SSSR count). The van der Waals surface area contributed by atoms with Crippen LogP contribution in [-0.4, -0.2) is 85.8 Å². The minimum atomic E-state index is -1.11. The van der Waals surface area contributed by atoms with Crippen LogP contribution in [0.2, 0.25) is 157 Å². The molecule has 2 radical (unpaired) electrons. The predicted octanol–water partition coefficient (Wildman–Crippen LogP) is 16.4. The molecule has 0 amide bonds. The maximum Gasteiger partial charge on any atom is 2.00 e. The van der Waals surface area contributed by atoms with Gasteiger partial charge in [-0.2, -0.15) is 0 Å². The van der Waals surface area contributed by atoms with E-state index in [4.69, 9.17) is 18.6 Å². The number of hydrogen-bond donors (Lipinski definition) is 0. The zero-order chi connectivity index (χ0) is 47.3. The smallest absolute Gasteiger partial charge is 0.668 e. The van der Waals surface area contributed by atoms with Crippen molar-refractivity contribution in [2.75, 3.05) is 0 Å². The molecule has 0 unspecified atom stereocenters. The zero-order valence-corrected chi connectivity index (χ0v) is 53.6. The Morgan fingerprint density at radius 3 is 0.435 bits per heavy atom. The Balaban J connectivity index is -0.000000326. The summed E-state index contributed by atoms with van der Waals surface area (Å²) in [5.41, 5.74) is 3.66. The number of pyridine rings is 4. The molecule has 354 valence electrons. The van der Waals surface area contributed by atoms with Gasteiger partial charge in [-0.3, -0.25) is 19.9 Å². The normalized spacial score (nSPS) is 11.9. The second kappa shape index (κ2) is 30.5. The van der Waals surface area contributed by atoms with Crippen molar-refractivity contribution in [1.29, 1.82) is 0 Å². The summed E-state index contributed by atoms with van der Waals surface area (Å²) in [7, 11) is -8.85. The third-order valence-corrected chi connectivity index (χ3v) is 27.3. The fourth-order valence-corrected chi connectivity index (χ4v) is 38.3. The number of aromatic nitrogens is 4. The van der Waals surface area contributed by atoms with Crippen molar-refractivity contribution in [3.05, 3.63) is 116 Å². The molecule has 4 aromatic heterocycles. The van der Waals surface area contributed by atoms with Gasteiger partial charge >= 0.3 is 33.6 Å². The second-order valence-corrected chi connectivity index (χ2v) is 61.0. The quantitative estimate of drug-likeness (QED) is 0.147. The van der Waals surface area contributed by atoms with E-state index in [-0.39, 0.29) is 33.6 Å². The molecule has 4 heterocycles. The molecular formula is C44H88Co2N8Si8. The van der Waals surface area contributed by atoms with Gasteiger partial charge in [0, 0.05) is 24.8 Å². The van der Waals surface area contributed by atoms with Gasteiger partial charge in [0.25, 0.3) is 0 Å². The molecule has 8 nitrogen and oxygen atoms in total. The van der Waals surface area contributed by atoms with Crippen LogP contribution in [-0.2, 0) is 33.6 Å². The van der Waals surface area contributed by atoms with Gasteiger partial charge in [0.05, 0.1) is 22.8 Å². The van der Waals surface area contributed by atoms with Crippen LogP contribution in [0.15, 0.2) is 97.6 Å². The van der Waals surface area contributed by atoms with Gasteiger partial charge in [0.2, 0.25) is 0 Å². The predicted molar refractivity (Wildman–Crippen MR) is 295 cm³/mol. The number of nitrogens with zero attached hydrogens (tertiary/aromatic N) is 8. The molecule has 0 bridgehead atoms. The number of hydrogen-bond acceptors (Lipinski definition) is 4. The summed E-state index contributed by atoms with van der Waals surface area (Å²) in [5.74, 6) is 0. The van der Waals surface area contributed by atoms with Crippen molar-refractivity contribution < 1.29 is 33.6 Å². The standard InChI is InChI=1S/2C10H8N2.4C6H18NSi2.2Co/c2*1-3-7-11-9(5-1)10-6-2-4-8-12-10;4*1-8(2,3)7-9(4,5)6;;/h2*1-8H;4*1-6H3;;/q;;4*-1;2*+2. The molecule has 0 aliphatic heterocycles. The first-order valence-corrected chi connectivity index (χ1v) is 48.9. The molecule has 0 spiro atoms. The average Bonchev–Trinajstić information content (AvgIpc) is 3.01. The first-order valence-electron chi connectivity index (χ1n) is 21.4. The van der Waals surface area contributed by atoms with Gasteiger partial charge < -0.3 is 18.6 Å². The van der Waals surface area contributed by atoms with Crippen molar-refractivity contribution in [3.8, 4) is 22.8 Å². The Hall–Kier alpha value is -0.812. The molecule has 0 N–H and O–H groups in total. The van der Waals surface area contributed by atoms with Gasteiger partial charge in [-0.25, -0.2) is 0 Å². The molecule has 18 heteroatoms. The molecule has 0 aliphatic carbocycles. The summed E-state index contributed by atoms with van der Waals surface area (Å²) in [6, 6.07) is 23.2. The van der Waals surface area contributed by atoms with Crippen molar-refractivity contribution in [1.82, 2.24) is 19.9 Å². The minimum Gasteiger partial charge on any atom is -0.668 e. The van der Waals surface area contributed by atoms with Crippen LogP contribution >= 0.6 is 0 Å². The summed E-state index contributed by atoms with van der Waals surface area (Å²) in [5, 5.41) is 0. The van der Waals surface area contributed by atoms with Crippen LogP contribution < -0.4 is 0 Å². The first-order chi connectivity index (χ1) is 26.8. The molecule has 0 saturated carbocycles. The molecule has 62 heavy (non-hydrogen) atoms. The van der Waals surface area contributed by atoms with Crippen molar-refractivity contribution in [2.45, 2.75) is 157 Å².